The molecule has 0 spiro atoms. The van der Waals surface area contributed by atoms with E-state index in [-0.39, 0.29) is 18.7 Å². The van der Waals surface area contributed by atoms with Crippen LogP contribution >= 0.6 is 0 Å². The van der Waals surface area contributed by atoms with E-state index in [1.807, 2.05) is 30.1 Å². The maximum absolute atomic E-state index is 12.5. The number of aryl methyl sites for hydroxylation is 1. The van der Waals surface area contributed by atoms with E-state index in [1.54, 1.807) is 0 Å². The molecule has 0 saturated heterocycles. The second-order valence-electron chi connectivity index (χ2n) is 7.07. The molecule has 0 bridgehead atoms. The van der Waals surface area contributed by atoms with Gasteiger partial charge < -0.3 is 14.8 Å². The summed E-state index contributed by atoms with van der Waals surface area (Å²) in [6.07, 6.45) is 3.23. The molecule has 4 rings (SSSR count). The first-order chi connectivity index (χ1) is 12.7. The van der Waals surface area contributed by atoms with Crippen LogP contribution in [0.15, 0.2) is 42.5 Å². The second kappa shape index (κ2) is 7.38. The highest BCUT2D eigenvalue weighted by molar-refractivity contribution is 5.78. The molecule has 1 aliphatic carbocycles. The first-order valence-corrected chi connectivity index (χ1v) is 9.13. The zero-order chi connectivity index (χ0) is 17.9. The number of hydrogen-bond donors (Lipinski definition) is 1. The minimum Gasteiger partial charge on any atom is -0.454 e. The van der Waals surface area contributed by atoms with Gasteiger partial charge in [-0.1, -0.05) is 30.3 Å². The molecule has 136 valence electrons. The molecule has 1 N–H and O–H groups in total. The maximum Gasteiger partial charge on any atom is 0.234 e. The predicted octanol–water partition coefficient (Wildman–Crippen LogP) is 3.04. The fourth-order valence-electron chi connectivity index (χ4n) is 3.80. The van der Waals surface area contributed by atoms with Gasteiger partial charge in [0.1, 0.15) is 0 Å². The number of hydrogen-bond acceptors (Lipinski definition) is 4. The molecule has 1 heterocycles. The molecule has 1 atom stereocenters. The SMILES string of the molecule is CN(CC(=O)N[C@H]1CCCc2ccccc21)Cc1ccc2c(c1)OCO2. The number of nitrogens with one attached hydrogen (secondary N) is 1. The van der Waals surface area contributed by atoms with Gasteiger partial charge in [0.15, 0.2) is 11.5 Å². The molecule has 26 heavy (non-hydrogen) atoms. The summed E-state index contributed by atoms with van der Waals surface area (Å²) in [5, 5.41) is 3.21. The van der Waals surface area contributed by atoms with Crippen molar-refractivity contribution >= 4 is 5.91 Å². The largest absolute Gasteiger partial charge is 0.454 e. The summed E-state index contributed by atoms with van der Waals surface area (Å²) >= 11 is 0. The molecule has 2 aromatic carbocycles. The molecular weight excluding hydrogens is 328 g/mol. The minimum atomic E-state index is 0.0648. The summed E-state index contributed by atoms with van der Waals surface area (Å²) in [5.41, 5.74) is 3.73. The van der Waals surface area contributed by atoms with Gasteiger partial charge in [-0.05, 0) is 55.1 Å². The lowest BCUT2D eigenvalue weighted by atomic mass is 9.88. The Morgan fingerprint density at radius 2 is 2.04 bits per heavy atom. The quantitative estimate of drug-likeness (QED) is 0.899. The molecule has 1 amide bonds. The number of ether oxygens (including phenoxy) is 2. The molecule has 0 unspecified atom stereocenters. The maximum atomic E-state index is 12.5. The van der Waals surface area contributed by atoms with Crippen LogP contribution in [0.5, 0.6) is 11.5 Å². The van der Waals surface area contributed by atoms with E-state index in [0.717, 1.165) is 36.3 Å². The van der Waals surface area contributed by atoms with Gasteiger partial charge in [0, 0.05) is 6.54 Å². The number of likely N-dealkylation sites (N-methyl/N-ethyl adjacent to an activating group) is 1. The summed E-state index contributed by atoms with van der Waals surface area (Å²) in [6.45, 7) is 1.33. The Kier molecular flexibility index (Phi) is 4.80. The number of fused-ring (bicyclic) bond motifs is 2. The zero-order valence-electron chi connectivity index (χ0n) is 15.0. The van der Waals surface area contributed by atoms with Gasteiger partial charge in [0.2, 0.25) is 12.7 Å². The second-order valence-corrected chi connectivity index (χ2v) is 7.07. The van der Waals surface area contributed by atoms with Crippen LogP contribution < -0.4 is 14.8 Å². The number of benzene rings is 2. The third-order valence-electron chi connectivity index (χ3n) is 5.01. The van der Waals surface area contributed by atoms with Crippen LogP contribution in [-0.2, 0) is 17.8 Å². The molecule has 5 nitrogen and oxygen atoms in total. The molecule has 5 heteroatoms. The highest BCUT2D eigenvalue weighted by Gasteiger charge is 2.22. The topological polar surface area (TPSA) is 50.8 Å². The molecular formula is C21H24N2O3. The van der Waals surface area contributed by atoms with E-state index >= 15 is 0 Å². The fraction of sp³-hybridized carbons (Fsp3) is 0.381. The number of carbonyl (C=O) groups excluding carboxylic acids is 1. The van der Waals surface area contributed by atoms with E-state index in [2.05, 4.69) is 29.6 Å². The normalized spacial score (nSPS) is 17.8. The Morgan fingerprint density at radius 3 is 2.96 bits per heavy atom. The summed E-state index contributed by atoms with van der Waals surface area (Å²) in [4.78, 5) is 14.5. The van der Waals surface area contributed by atoms with Crippen molar-refractivity contribution in [1.82, 2.24) is 10.2 Å². The van der Waals surface area contributed by atoms with Gasteiger partial charge in [-0.15, -0.1) is 0 Å². The van der Waals surface area contributed by atoms with Crippen LogP contribution in [0.4, 0.5) is 0 Å². The van der Waals surface area contributed by atoms with E-state index in [0.29, 0.717) is 13.1 Å². The lowest BCUT2D eigenvalue weighted by Gasteiger charge is -2.27. The summed E-state index contributed by atoms with van der Waals surface area (Å²) in [7, 11) is 1.96. The smallest absolute Gasteiger partial charge is 0.234 e. The highest BCUT2D eigenvalue weighted by Crippen LogP contribution is 2.33. The molecule has 2 aromatic rings. The summed E-state index contributed by atoms with van der Waals surface area (Å²) in [6, 6.07) is 14.5. The standard InChI is InChI=1S/C21H24N2O3/c1-23(12-15-9-10-19-20(11-15)26-14-25-19)13-21(24)22-18-8-4-6-16-5-2-3-7-17(16)18/h2-3,5,7,9-11,18H,4,6,8,12-14H2,1H3,(H,22,24)/t18-/m0/s1. The van der Waals surface area contributed by atoms with Gasteiger partial charge in [-0.3, -0.25) is 9.69 Å². The van der Waals surface area contributed by atoms with Crippen LogP contribution in [0.3, 0.4) is 0 Å². The Morgan fingerprint density at radius 1 is 1.19 bits per heavy atom. The van der Waals surface area contributed by atoms with Crippen molar-refractivity contribution in [1.29, 1.82) is 0 Å². The molecule has 1 aliphatic heterocycles. The molecule has 2 aliphatic rings. The van der Waals surface area contributed by atoms with Crippen molar-refractivity contribution < 1.29 is 14.3 Å². The van der Waals surface area contributed by atoms with E-state index < -0.39 is 0 Å². The average molecular weight is 352 g/mol. The van der Waals surface area contributed by atoms with Gasteiger partial charge in [-0.2, -0.15) is 0 Å². The van der Waals surface area contributed by atoms with E-state index in [1.165, 1.54) is 11.1 Å². The van der Waals surface area contributed by atoms with Gasteiger partial charge in [0.25, 0.3) is 0 Å². The van der Waals surface area contributed by atoms with Crippen LogP contribution in [0.2, 0.25) is 0 Å². The Balaban J connectivity index is 1.33. The number of amides is 1. The van der Waals surface area contributed by atoms with E-state index in [4.69, 9.17) is 9.47 Å². The Hall–Kier alpha value is -2.53. The van der Waals surface area contributed by atoms with Crippen molar-refractivity contribution in [2.45, 2.75) is 31.8 Å². The van der Waals surface area contributed by atoms with Crippen molar-refractivity contribution in [3.05, 3.63) is 59.2 Å². The predicted molar refractivity (Wildman–Crippen MR) is 99.2 cm³/mol. The lowest BCUT2D eigenvalue weighted by Crippen LogP contribution is -2.38. The Labute approximate surface area is 153 Å². The number of nitrogens with zero attached hydrogens (tertiary/aromatic N) is 1. The minimum absolute atomic E-state index is 0.0648. The third-order valence-corrected chi connectivity index (χ3v) is 5.01. The van der Waals surface area contributed by atoms with Crippen LogP contribution in [-0.4, -0.2) is 31.2 Å². The van der Waals surface area contributed by atoms with Gasteiger partial charge >= 0.3 is 0 Å². The van der Waals surface area contributed by atoms with Crippen LogP contribution in [0.25, 0.3) is 0 Å². The third kappa shape index (κ3) is 3.68. The number of carbonyl (C=O) groups is 1. The van der Waals surface area contributed by atoms with Gasteiger partial charge in [-0.25, -0.2) is 0 Å². The molecule has 0 radical (unpaired) electrons. The fourth-order valence-corrected chi connectivity index (χ4v) is 3.80. The number of rotatable bonds is 5. The summed E-state index contributed by atoms with van der Waals surface area (Å²) in [5.74, 6) is 1.62. The average Bonchev–Trinajstić information content (AvgIpc) is 3.09. The van der Waals surface area contributed by atoms with E-state index in [9.17, 15) is 4.79 Å². The molecule has 0 fully saturated rings. The van der Waals surface area contributed by atoms with Crippen molar-refractivity contribution in [3.63, 3.8) is 0 Å². The molecule has 0 aromatic heterocycles. The molecule has 0 saturated carbocycles. The van der Waals surface area contributed by atoms with Crippen molar-refractivity contribution in [2.24, 2.45) is 0 Å². The first-order valence-electron chi connectivity index (χ1n) is 9.13. The van der Waals surface area contributed by atoms with Crippen molar-refractivity contribution in [3.8, 4) is 11.5 Å². The lowest BCUT2D eigenvalue weighted by molar-refractivity contribution is -0.122. The zero-order valence-corrected chi connectivity index (χ0v) is 15.0. The Bertz CT molecular complexity index is 806. The van der Waals surface area contributed by atoms with Crippen LogP contribution in [0.1, 0.15) is 35.6 Å². The monoisotopic (exact) mass is 352 g/mol. The highest BCUT2D eigenvalue weighted by atomic mass is 16.7. The van der Waals surface area contributed by atoms with Gasteiger partial charge in [0.05, 0.1) is 12.6 Å². The first kappa shape index (κ1) is 16.9. The van der Waals surface area contributed by atoms with Crippen LogP contribution in [0, 0.1) is 0 Å². The van der Waals surface area contributed by atoms with Crippen molar-refractivity contribution in [2.75, 3.05) is 20.4 Å². The summed E-state index contributed by atoms with van der Waals surface area (Å²) < 4.78 is 10.8.